The van der Waals surface area contributed by atoms with E-state index in [0.717, 1.165) is 6.54 Å². The third-order valence-electron chi connectivity index (χ3n) is 2.37. The summed E-state index contributed by atoms with van der Waals surface area (Å²) in [5, 5.41) is 5.72. The molecule has 0 aliphatic rings. The molecule has 0 aromatic carbocycles. The van der Waals surface area contributed by atoms with Gasteiger partial charge in [-0.2, -0.15) is 0 Å². The van der Waals surface area contributed by atoms with Crippen molar-refractivity contribution in [3.63, 3.8) is 0 Å². The van der Waals surface area contributed by atoms with E-state index < -0.39 is 0 Å². The standard InChI is InChI=1S/C13H26N2O4/c1-12(16)4-3-5-13(17)15-7-9-19-11-10-18-8-6-14-2/h14H,3-11H2,1-2H3,(H,15,17). The fraction of sp³-hybridized carbons (Fsp3) is 0.846. The van der Waals surface area contributed by atoms with Crippen molar-refractivity contribution in [2.75, 3.05) is 46.6 Å². The van der Waals surface area contributed by atoms with Crippen LogP contribution in [-0.2, 0) is 19.1 Å². The molecule has 1 amide bonds. The van der Waals surface area contributed by atoms with Gasteiger partial charge in [0.1, 0.15) is 5.78 Å². The molecule has 0 unspecified atom stereocenters. The molecule has 0 bridgehead atoms. The highest BCUT2D eigenvalue weighted by molar-refractivity contribution is 5.78. The van der Waals surface area contributed by atoms with Gasteiger partial charge in [0.05, 0.1) is 26.4 Å². The molecule has 0 aliphatic heterocycles. The van der Waals surface area contributed by atoms with E-state index in [1.54, 1.807) is 0 Å². The van der Waals surface area contributed by atoms with Crippen LogP contribution in [-0.4, -0.2) is 58.3 Å². The summed E-state index contributed by atoms with van der Waals surface area (Å²) in [6, 6.07) is 0. The van der Waals surface area contributed by atoms with E-state index in [0.29, 0.717) is 52.2 Å². The molecule has 0 rings (SSSR count). The highest BCUT2D eigenvalue weighted by Gasteiger charge is 2.01. The predicted octanol–water partition coefficient (Wildman–Crippen LogP) is 0.115. The third-order valence-corrected chi connectivity index (χ3v) is 2.37. The number of likely N-dealkylation sites (N-methyl/N-ethyl adjacent to an activating group) is 1. The van der Waals surface area contributed by atoms with Crippen LogP contribution in [0.1, 0.15) is 26.2 Å². The van der Waals surface area contributed by atoms with Gasteiger partial charge in [-0.3, -0.25) is 4.79 Å². The minimum absolute atomic E-state index is 0.0323. The number of nitrogens with one attached hydrogen (secondary N) is 2. The van der Waals surface area contributed by atoms with Gasteiger partial charge >= 0.3 is 0 Å². The number of hydrogen-bond donors (Lipinski definition) is 2. The minimum atomic E-state index is -0.0323. The summed E-state index contributed by atoms with van der Waals surface area (Å²) in [4.78, 5) is 22.0. The lowest BCUT2D eigenvalue weighted by molar-refractivity contribution is -0.121. The van der Waals surface area contributed by atoms with Gasteiger partial charge in [-0.25, -0.2) is 0 Å². The summed E-state index contributed by atoms with van der Waals surface area (Å²) in [5.41, 5.74) is 0. The molecule has 6 heteroatoms. The smallest absolute Gasteiger partial charge is 0.220 e. The van der Waals surface area contributed by atoms with Crippen LogP contribution >= 0.6 is 0 Å². The van der Waals surface area contributed by atoms with Gasteiger partial charge in [0.25, 0.3) is 0 Å². The fourth-order valence-electron chi connectivity index (χ4n) is 1.35. The number of carbonyl (C=O) groups is 2. The fourth-order valence-corrected chi connectivity index (χ4v) is 1.35. The summed E-state index contributed by atoms with van der Waals surface area (Å²) in [6.45, 7) is 5.11. The number of Topliss-reactive ketones (excluding diaryl/α,β-unsaturated/α-hetero) is 1. The number of amides is 1. The Hall–Kier alpha value is -0.980. The Morgan fingerprint density at radius 3 is 2.16 bits per heavy atom. The maximum Gasteiger partial charge on any atom is 0.220 e. The van der Waals surface area contributed by atoms with E-state index in [1.165, 1.54) is 6.92 Å². The molecule has 0 heterocycles. The van der Waals surface area contributed by atoms with Crippen LogP contribution in [0.25, 0.3) is 0 Å². The van der Waals surface area contributed by atoms with E-state index in [4.69, 9.17) is 9.47 Å². The van der Waals surface area contributed by atoms with Crippen LogP contribution in [0, 0.1) is 0 Å². The molecule has 0 fully saturated rings. The molecule has 2 N–H and O–H groups in total. The Labute approximate surface area is 115 Å². The number of ketones is 1. The van der Waals surface area contributed by atoms with Crippen LogP contribution in [0.4, 0.5) is 0 Å². The Morgan fingerprint density at radius 2 is 1.58 bits per heavy atom. The highest BCUT2D eigenvalue weighted by atomic mass is 16.5. The van der Waals surface area contributed by atoms with Gasteiger partial charge in [-0.15, -0.1) is 0 Å². The first-order valence-corrected chi connectivity index (χ1v) is 6.73. The number of ether oxygens (including phenoxy) is 2. The normalized spacial score (nSPS) is 10.4. The van der Waals surface area contributed by atoms with Crippen molar-refractivity contribution in [1.82, 2.24) is 10.6 Å². The second kappa shape index (κ2) is 13.5. The van der Waals surface area contributed by atoms with Gasteiger partial charge in [0.2, 0.25) is 5.91 Å². The summed E-state index contributed by atoms with van der Waals surface area (Å²) in [7, 11) is 1.87. The molecular weight excluding hydrogens is 248 g/mol. The zero-order chi connectivity index (χ0) is 14.3. The first-order chi connectivity index (χ1) is 9.16. The molecule has 0 atom stereocenters. The van der Waals surface area contributed by atoms with Gasteiger partial charge < -0.3 is 24.9 Å². The van der Waals surface area contributed by atoms with Crippen LogP contribution in [0.15, 0.2) is 0 Å². The van der Waals surface area contributed by atoms with Crippen LogP contribution in [0.3, 0.4) is 0 Å². The van der Waals surface area contributed by atoms with Crippen molar-refractivity contribution in [3.05, 3.63) is 0 Å². The molecule has 0 saturated carbocycles. The van der Waals surface area contributed by atoms with Crippen LogP contribution < -0.4 is 10.6 Å². The maximum absolute atomic E-state index is 11.3. The van der Waals surface area contributed by atoms with E-state index >= 15 is 0 Å². The molecule has 6 nitrogen and oxygen atoms in total. The van der Waals surface area contributed by atoms with Gasteiger partial charge in [0, 0.05) is 25.9 Å². The van der Waals surface area contributed by atoms with Crippen molar-refractivity contribution < 1.29 is 19.1 Å². The van der Waals surface area contributed by atoms with E-state index in [2.05, 4.69) is 10.6 Å². The first kappa shape index (κ1) is 18.0. The largest absolute Gasteiger partial charge is 0.378 e. The zero-order valence-corrected chi connectivity index (χ0v) is 12.0. The second-order valence-corrected chi connectivity index (χ2v) is 4.23. The Bertz CT molecular complexity index is 247. The van der Waals surface area contributed by atoms with E-state index in [-0.39, 0.29) is 11.7 Å². The minimum Gasteiger partial charge on any atom is -0.378 e. The lowest BCUT2D eigenvalue weighted by atomic mass is 10.2. The molecule has 0 aromatic rings. The van der Waals surface area contributed by atoms with Crippen LogP contribution in [0.2, 0.25) is 0 Å². The monoisotopic (exact) mass is 274 g/mol. The predicted molar refractivity (Wildman–Crippen MR) is 73.1 cm³/mol. The van der Waals surface area contributed by atoms with Gasteiger partial charge in [-0.05, 0) is 20.4 Å². The maximum atomic E-state index is 11.3. The summed E-state index contributed by atoms with van der Waals surface area (Å²) in [6.07, 6.45) is 1.47. The first-order valence-electron chi connectivity index (χ1n) is 6.73. The molecule has 19 heavy (non-hydrogen) atoms. The molecule has 0 radical (unpaired) electrons. The quantitative estimate of drug-likeness (QED) is 0.466. The van der Waals surface area contributed by atoms with Crippen molar-refractivity contribution >= 4 is 11.7 Å². The molecule has 0 saturated heterocycles. The SMILES string of the molecule is CNCCOCCOCCNC(=O)CCCC(C)=O. The van der Waals surface area contributed by atoms with Crippen LogP contribution in [0.5, 0.6) is 0 Å². The number of carbonyl (C=O) groups excluding carboxylic acids is 2. The second-order valence-electron chi connectivity index (χ2n) is 4.23. The average Bonchev–Trinajstić information content (AvgIpc) is 2.36. The third kappa shape index (κ3) is 15.0. The van der Waals surface area contributed by atoms with Crippen molar-refractivity contribution in [1.29, 1.82) is 0 Å². The van der Waals surface area contributed by atoms with Crippen molar-refractivity contribution in [2.45, 2.75) is 26.2 Å². The molecule has 0 aromatic heterocycles. The topological polar surface area (TPSA) is 76.7 Å². The summed E-state index contributed by atoms with van der Waals surface area (Å²) < 4.78 is 10.6. The van der Waals surface area contributed by atoms with E-state index in [9.17, 15) is 9.59 Å². The number of rotatable bonds is 13. The van der Waals surface area contributed by atoms with Gasteiger partial charge in [-0.1, -0.05) is 0 Å². The Morgan fingerprint density at radius 1 is 0.947 bits per heavy atom. The summed E-state index contributed by atoms with van der Waals surface area (Å²) in [5.74, 6) is 0.0875. The molecule has 112 valence electrons. The molecular formula is C13H26N2O4. The van der Waals surface area contributed by atoms with Gasteiger partial charge in [0.15, 0.2) is 0 Å². The summed E-state index contributed by atoms with van der Waals surface area (Å²) >= 11 is 0. The highest BCUT2D eigenvalue weighted by Crippen LogP contribution is 1.95. The van der Waals surface area contributed by atoms with Crippen molar-refractivity contribution in [3.8, 4) is 0 Å². The Kier molecular flexibility index (Phi) is 12.8. The average molecular weight is 274 g/mol. The zero-order valence-electron chi connectivity index (χ0n) is 12.0. The lowest BCUT2D eigenvalue weighted by Crippen LogP contribution is -2.27. The number of hydrogen-bond acceptors (Lipinski definition) is 5. The molecule has 0 aliphatic carbocycles. The van der Waals surface area contributed by atoms with E-state index in [1.807, 2.05) is 7.05 Å². The Balaban J connectivity index is 3.16. The lowest BCUT2D eigenvalue weighted by Gasteiger charge is -2.07. The molecule has 0 spiro atoms. The van der Waals surface area contributed by atoms with Crippen molar-refractivity contribution in [2.24, 2.45) is 0 Å².